The summed E-state index contributed by atoms with van der Waals surface area (Å²) in [7, 11) is 0. The average molecular weight is 321 g/mol. The van der Waals surface area contributed by atoms with Crippen molar-refractivity contribution in [1.29, 1.82) is 0 Å². The zero-order chi connectivity index (χ0) is 13.6. The Hall–Kier alpha value is -2.14. The highest BCUT2D eigenvalue weighted by atomic mass is 79.9. The molecule has 0 spiro atoms. The predicted octanol–water partition coefficient (Wildman–Crippen LogP) is 3.98. The van der Waals surface area contributed by atoms with Gasteiger partial charge in [-0.05, 0) is 34.1 Å². The lowest BCUT2D eigenvalue weighted by Crippen LogP contribution is -1.80. The number of para-hydroxylation sites is 1. The van der Waals surface area contributed by atoms with Crippen LogP contribution in [0, 0.1) is 0 Å². The minimum Gasteiger partial charge on any atom is -0.504 e. The summed E-state index contributed by atoms with van der Waals surface area (Å²) in [5.41, 5.74) is 1.17. The number of aromatic hydroxyl groups is 3. The van der Waals surface area contributed by atoms with Crippen LogP contribution in [0.4, 0.5) is 0 Å². The molecule has 0 bridgehead atoms. The third kappa shape index (κ3) is 1.82. The minimum absolute atomic E-state index is 0.266. The van der Waals surface area contributed by atoms with E-state index in [1.54, 1.807) is 6.07 Å². The molecule has 0 radical (unpaired) electrons. The van der Waals surface area contributed by atoms with Gasteiger partial charge in [0.2, 0.25) is 5.75 Å². The molecule has 3 aromatic rings. The molecule has 4 nitrogen and oxygen atoms in total. The van der Waals surface area contributed by atoms with E-state index >= 15 is 0 Å². The summed E-state index contributed by atoms with van der Waals surface area (Å²) in [6.07, 6.45) is 0. The van der Waals surface area contributed by atoms with Gasteiger partial charge in [-0.25, -0.2) is 0 Å². The summed E-state index contributed by atoms with van der Waals surface area (Å²) >= 11 is 3.18. The second-order valence-electron chi connectivity index (χ2n) is 4.10. The maximum atomic E-state index is 9.71. The van der Waals surface area contributed by atoms with Crippen LogP contribution in [0.1, 0.15) is 0 Å². The van der Waals surface area contributed by atoms with Gasteiger partial charge in [0, 0.05) is 10.9 Å². The highest BCUT2D eigenvalue weighted by Gasteiger charge is 2.18. The van der Waals surface area contributed by atoms with Crippen molar-refractivity contribution in [2.45, 2.75) is 0 Å². The van der Waals surface area contributed by atoms with Crippen molar-refractivity contribution >= 4 is 26.9 Å². The van der Waals surface area contributed by atoms with E-state index in [0.717, 1.165) is 5.39 Å². The van der Waals surface area contributed by atoms with Crippen LogP contribution in [0.15, 0.2) is 45.3 Å². The second kappa shape index (κ2) is 4.20. The van der Waals surface area contributed by atoms with E-state index in [1.807, 2.05) is 24.3 Å². The normalized spacial score (nSPS) is 11.0. The number of furan rings is 1. The highest BCUT2D eigenvalue weighted by Crippen LogP contribution is 2.46. The van der Waals surface area contributed by atoms with Crippen LogP contribution < -0.4 is 0 Å². The Morgan fingerprint density at radius 1 is 0.947 bits per heavy atom. The topological polar surface area (TPSA) is 73.8 Å². The van der Waals surface area contributed by atoms with Gasteiger partial charge in [-0.1, -0.05) is 18.2 Å². The highest BCUT2D eigenvalue weighted by molar-refractivity contribution is 9.10. The summed E-state index contributed by atoms with van der Waals surface area (Å²) < 4.78 is 5.92. The van der Waals surface area contributed by atoms with Crippen LogP contribution in [-0.2, 0) is 0 Å². The van der Waals surface area contributed by atoms with Crippen LogP contribution in [0.3, 0.4) is 0 Å². The molecule has 96 valence electrons. The second-order valence-corrected chi connectivity index (χ2v) is 4.90. The van der Waals surface area contributed by atoms with Crippen molar-refractivity contribution in [3.05, 3.63) is 40.9 Å². The van der Waals surface area contributed by atoms with Gasteiger partial charge in [-0.3, -0.25) is 0 Å². The molecule has 3 rings (SSSR count). The standard InChI is InChI=1S/C14H9BrO4/c15-12-8(6-9(16)13(17)14(12)18)11-5-7-3-1-2-4-10(7)19-11/h1-6,16-18H. The molecule has 0 atom stereocenters. The van der Waals surface area contributed by atoms with Crippen molar-refractivity contribution in [1.82, 2.24) is 0 Å². The van der Waals surface area contributed by atoms with Crippen molar-refractivity contribution < 1.29 is 19.7 Å². The maximum absolute atomic E-state index is 9.71. The van der Waals surface area contributed by atoms with Crippen LogP contribution in [0.5, 0.6) is 17.2 Å². The first-order chi connectivity index (χ1) is 9.08. The summed E-state index contributed by atoms with van der Waals surface area (Å²) in [5.74, 6) is -0.906. The van der Waals surface area contributed by atoms with E-state index in [1.165, 1.54) is 6.07 Å². The molecule has 5 heteroatoms. The molecule has 0 unspecified atom stereocenters. The Morgan fingerprint density at radius 2 is 1.68 bits per heavy atom. The fraction of sp³-hybridized carbons (Fsp3) is 0. The SMILES string of the molecule is Oc1cc(-c2cc3ccccc3o2)c(Br)c(O)c1O. The molecule has 0 aliphatic heterocycles. The van der Waals surface area contributed by atoms with Gasteiger partial charge in [0.15, 0.2) is 11.5 Å². The smallest absolute Gasteiger partial charge is 0.201 e. The molecule has 19 heavy (non-hydrogen) atoms. The number of hydrogen-bond acceptors (Lipinski definition) is 4. The summed E-state index contributed by atoms with van der Waals surface area (Å²) in [6.45, 7) is 0. The molecular formula is C14H9BrO4. The van der Waals surface area contributed by atoms with Gasteiger partial charge in [0.1, 0.15) is 11.3 Å². The number of halogens is 1. The number of phenols is 3. The van der Waals surface area contributed by atoms with E-state index in [0.29, 0.717) is 16.9 Å². The van der Waals surface area contributed by atoms with E-state index in [4.69, 9.17) is 4.42 Å². The molecule has 3 N–H and O–H groups in total. The number of benzene rings is 2. The molecule has 2 aromatic carbocycles. The fourth-order valence-corrected chi connectivity index (χ4v) is 2.41. The Morgan fingerprint density at radius 3 is 2.42 bits per heavy atom. The summed E-state index contributed by atoms with van der Waals surface area (Å²) in [6, 6.07) is 10.6. The largest absolute Gasteiger partial charge is 0.504 e. The molecule has 1 aromatic heterocycles. The van der Waals surface area contributed by atoms with Gasteiger partial charge in [0.05, 0.1) is 4.47 Å². The Labute approximate surface area is 116 Å². The first-order valence-corrected chi connectivity index (χ1v) is 6.29. The molecule has 0 saturated carbocycles. The first kappa shape index (κ1) is 11.9. The lowest BCUT2D eigenvalue weighted by Gasteiger charge is -2.07. The summed E-state index contributed by atoms with van der Waals surface area (Å²) in [4.78, 5) is 0. The number of hydrogen-bond donors (Lipinski definition) is 3. The van der Waals surface area contributed by atoms with Gasteiger partial charge >= 0.3 is 0 Å². The molecule has 0 aliphatic carbocycles. The average Bonchev–Trinajstić information content (AvgIpc) is 2.84. The van der Waals surface area contributed by atoms with Crippen LogP contribution in [0.2, 0.25) is 0 Å². The molecule has 0 saturated heterocycles. The molecule has 0 aliphatic rings. The van der Waals surface area contributed by atoms with Crippen molar-refractivity contribution in [3.63, 3.8) is 0 Å². The minimum atomic E-state index is -0.563. The van der Waals surface area contributed by atoms with E-state index in [-0.39, 0.29) is 4.47 Å². The lowest BCUT2D eigenvalue weighted by atomic mass is 10.1. The van der Waals surface area contributed by atoms with E-state index in [9.17, 15) is 15.3 Å². The third-order valence-corrected chi connectivity index (χ3v) is 3.69. The first-order valence-electron chi connectivity index (χ1n) is 5.50. The van der Waals surface area contributed by atoms with Crippen molar-refractivity contribution in [2.75, 3.05) is 0 Å². The third-order valence-electron chi connectivity index (χ3n) is 2.88. The fourth-order valence-electron chi connectivity index (χ4n) is 1.92. The van der Waals surface area contributed by atoms with Gasteiger partial charge in [-0.15, -0.1) is 0 Å². The zero-order valence-corrected chi connectivity index (χ0v) is 11.2. The number of rotatable bonds is 1. The van der Waals surface area contributed by atoms with Crippen molar-refractivity contribution in [3.8, 4) is 28.6 Å². The van der Waals surface area contributed by atoms with Gasteiger partial charge in [0.25, 0.3) is 0 Å². The van der Waals surface area contributed by atoms with E-state index < -0.39 is 17.2 Å². The molecule has 1 heterocycles. The predicted molar refractivity (Wildman–Crippen MR) is 74.3 cm³/mol. The van der Waals surface area contributed by atoms with Gasteiger partial charge < -0.3 is 19.7 Å². The zero-order valence-electron chi connectivity index (χ0n) is 9.59. The molecular weight excluding hydrogens is 312 g/mol. The van der Waals surface area contributed by atoms with Crippen LogP contribution in [0.25, 0.3) is 22.3 Å². The van der Waals surface area contributed by atoms with Crippen LogP contribution >= 0.6 is 15.9 Å². The van der Waals surface area contributed by atoms with Crippen molar-refractivity contribution in [2.24, 2.45) is 0 Å². The quantitative estimate of drug-likeness (QED) is 0.593. The Bertz CT molecular complexity index is 743. The molecule has 0 fully saturated rings. The monoisotopic (exact) mass is 320 g/mol. The van der Waals surface area contributed by atoms with Crippen LogP contribution in [-0.4, -0.2) is 15.3 Å². The Kier molecular flexibility index (Phi) is 2.64. The Balaban J connectivity index is 2.27. The van der Waals surface area contributed by atoms with E-state index in [2.05, 4.69) is 15.9 Å². The summed E-state index contributed by atoms with van der Waals surface area (Å²) in [5, 5.41) is 29.6. The number of fused-ring (bicyclic) bond motifs is 1. The molecule has 0 amide bonds. The lowest BCUT2D eigenvalue weighted by molar-refractivity contribution is 0.366. The number of phenolic OH excluding ortho intramolecular Hbond substituents is 3. The maximum Gasteiger partial charge on any atom is 0.201 e. The van der Waals surface area contributed by atoms with Gasteiger partial charge in [-0.2, -0.15) is 0 Å².